The molecule has 0 aliphatic carbocycles. The minimum Gasteiger partial charge on any atom is -0.369 e. The summed E-state index contributed by atoms with van der Waals surface area (Å²) in [7, 11) is -3.59. The predicted octanol–water partition coefficient (Wildman–Crippen LogP) is 1.84. The zero-order valence-electron chi connectivity index (χ0n) is 11.0. The maximum Gasteiger partial charge on any atom is 0.244 e. The first-order chi connectivity index (χ1) is 9.63. The number of hydrogen-bond acceptors (Lipinski definition) is 6. The molecule has 0 aromatic carbocycles. The molecule has 0 bridgehead atoms. The van der Waals surface area contributed by atoms with E-state index in [0.717, 1.165) is 11.3 Å². The Bertz CT molecular complexity index is 641. The summed E-state index contributed by atoms with van der Waals surface area (Å²) in [5.41, 5.74) is 1.67. The van der Waals surface area contributed by atoms with Crippen molar-refractivity contribution < 1.29 is 8.42 Å². The van der Waals surface area contributed by atoms with Crippen LogP contribution in [0.25, 0.3) is 0 Å². The predicted molar refractivity (Wildman–Crippen MR) is 79.2 cm³/mol. The molecule has 2 heterocycles. The Kier molecular flexibility index (Phi) is 5.05. The molecule has 0 fully saturated rings. The number of thiazole rings is 1. The van der Waals surface area contributed by atoms with Gasteiger partial charge in [-0.05, 0) is 18.6 Å². The fraction of sp³-hybridized carbons (Fsp3) is 0.333. The summed E-state index contributed by atoms with van der Waals surface area (Å²) in [6.45, 7) is 2.91. The third-order valence-electron chi connectivity index (χ3n) is 2.52. The van der Waals surface area contributed by atoms with E-state index in [1.54, 1.807) is 30.0 Å². The van der Waals surface area contributed by atoms with Crippen LogP contribution in [0.5, 0.6) is 0 Å². The second kappa shape index (κ2) is 6.78. The lowest BCUT2D eigenvalue weighted by atomic mass is 10.4. The van der Waals surface area contributed by atoms with E-state index in [0.29, 0.717) is 12.4 Å². The standard InChI is InChI=1S/C12H16N4O2S2/c1-2-5-14-12-11(4-3-6-15-12)20(17,18)16-8-10-7-13-9-19-10/h3-4,6-7,9,16H,2,5,8H2,1H3,(H,14,15). The van der Waals surface area contributed by atoms with E-state index in [1.165, 1.54) is 11.3 Å². The average Bonchev–Trinajstić information content (AvgIpc) is 2.97. The van der Waals surface area contributed by atoms with Crippen LogP contribution in [-0.4, -0.2) is 24.9 Å². The Morgan fingerprint density at radius 2 is 2.25 bits per heavy atom. The van der Waals surface area contributed by atoms with Crippen molar-refractivity contribution in [3.8, 4) is 0 Å². The van der Waals surface area contributed by atoms with Crippen LogP contribution in [-0.2, 0) is 16.6 Å². The van der Waals surface area contributed by atoms with E-state index in [4.69, 9.17) is 0 Å². The van der Waals surface area contributed by atoms with Crippen LogP contribution in [0.3, 0.4) is 0 Å². The maximum atomic E-state index is 12.3. The summed E-state index contributed by atoms with van der Waals surface area (Å²) in [5, 5.41) is 3.02. The van der Waals surface area contributed by atoms with Crippen LogP contribution in [0.1, 0.15) is 18.2 Å². The third kappa shape index (κ3) is 3.75. The third-order valence-corrected chi connectivity index (χ3v) is 4.73. The molecular weight excluding hydrogens is 296 g/mol. The molecule has 8 heteroatoms. The summed E-state index contributed by atoms with van der Waals surface area (Å²) in [6.07, 6.45) is 4.11. The number of nitrogens with one attached hydrogen (secondary N) is 2. The lowest BCUT2D eigenvalue weighted by molar-refractivity contribution is 0.581. The van der Waals surface area contributed by atoms with Crippen LogP contribution >= 0.6 is 11.3 Å². The molecule has 6 nitrogen and oxygen atoms in total. The number of aromatic nitrogens is 2. The number of hydrogen-bond donors (Lipinski definition) is 2. The zero-order chi connectivity index (χ0) is 14.4. The van der Waals surface area contributed by atoms with Gasteiger partial charge in [0.15, 0.2) is 0 Å². The lowest BCUT2D eigenvalue weighted by Crippen LogP contribution is -2.24. The van der Waals surface area contributed by atoms with Gasteiger partial charge in [0.2, 0.25) is 10.0 Å². The highest BCUT2D eigenvalue weighted by molar-refractivity contribution is 7.89. The molecule has 0 radical (unpaired) electrons. The Morgan fingerprint density at radius 1 is 1.40 bits per heavy atom. The first-order valence-electron chi connectivity index (χ1n) is 6.19. The fourth-order valence-corrected chi connectivity index (χ4v) is 3.32. The Hall–Kier alpha value is -1.51. The van der Waals surface area contributed by atoms with Gasteiger partial charge >= 0.3 is 0 Å². The molecular formula is C12H16N4O2S2. The fourth-order valence-electron chi connectivity index (χ4n) is 1.56. The number of rotatable bonds is 7. The SMILES string of the molecule is CCCNc1ncccc1S(=O)(=O)NCc1cncs1. The highest BCUT2D eigenvalue weighted by Crippen LogP contribution is 2.18. The minimum absolute atomic E-state index is 0.165. The highest BCUT2D eigenvalue weighted by Gasteiger charge is 2.19. The molecule has 0 atom stereocenters. The number of nitrogens with zero attached hydrogens (tertiary/aromatic N) is 2. The van der Waals surface area contributed by atoms with Gasteiger partial charge in [0.1, 0.15) is 10.7 Å². The van der Waals surface area contributed by atoms with E-state index in [1.807, 2.05) is 6.92 Å². The number of anilines is 1. The smallest absolute Gasteiger partial charge is 0.244 e. The first kappa shape index (κ1) is 14.9. The van der Waals surface area contributed by atoms with Crippen molar-refractivity contribution in [1.29, 1.82) is 0 Å². The maximum absolute atomic E-state index is 12.3. The molecule has 0 saturated carbocycles. The van der Waals surface area contributed by atoms with Gasteiger partial charge in [-0.1, -0.05) is 6.92 Å². The quantitative estimate of drug-likeness (QED) is 0.815. The van der Waals surface area contributed by atoms with Gasteiger partial charge in [-0.25, -0.2) is 18.1 Å². The molecule has 2 rings (SSSR count). The minimum atomic E-state index is -3.59. The molecule has 108 valence electrons. The second-order valence-corrected chi connectivity index (χ2v) is 6.78. The van der Waals surface area contributed by atoms with Crippen molar-refractivity contribution in [3.63, 3.8) is 0 Å². The normalized spacial score (nSPS) is 11.4. The van der Waals surface area contributed by atoms with E-state index in [9.17, 15) is 8.42 Å². The number of sulfonamides is 1. The summed E-state index contributed by atoms with van der Waals surface area (Å²) < 4.78 is 27.2. The van der Waals surface area contributed by atoms with Crippen LogP contribution in [0.2, 0.25) is 0 Å². The van der Waals surface area contributed by atoms with Gasteiger partial charge in [0.05, 0.1) is 5.51 Å². The van der Waals surface area contributed by atoms with Gasteiger partial charge in [0.25, 0.3) is 0 Å². The van der Waals surface area contributed by atoms with Crippen LogP contribution in [0, 0.1) is 0 Å². The molecule has 0 amide bonds. The van der Waals surface area contributed by atoms with Crippen molar-refractivity contribution in [2.45, 2.75) is 24.8 Å². The zero-order valence-corrected chi connectivity index (χ0v) is 12.7. The van der Waals surface area contributed by atoms with Crippen LogP contribution < -0.4 is 10.0 Å². The van der Waals surface area contributed by atoms with Gasteiger partial charge in [0, 0.05) is 30.4 Å². The van der Waals surface area contributed by atoms with Crippen molar-refractivity contribution in [2.24, 2.45) is 0 Å². The average molecular weight is 312 g/mol. The molecule has 0 aliphatic heterocycles. The van der Waals surface area contributed by atoms with Crippen molar-refractivity contribution in [3.05, 3.63) is 34.9 Å². The summed E-state index contributed by atoms with van der Waals surface area (Å²) >= 11 is 1.41. The van der Waals surface area contributed by atoms with E-state index in [2.05, 4.69) is 20.0 Å². The van der Waals surface area contributed by atoms with Crippen molar-refractivity contribution in [1.82, 2.24) is 14.7 Å². The molecule has 0 saturated heterocycles. The van der Waals surface area contributed by atoms with E-state index < -0.39 is 10.0 Å². The molecule has 0 spiro atoms. The molecule has 2 aromatic rings. The summed E-state index contributed by atoms with van der Waals surface area (Å²) in [6, 6.07) is 3.15. The first-order valence-corrected chi connectivity index (χ1v) is 8.55. The monoisotopic (exact) mass is 312 g/mol. The Morgan fingerprint density at radius 3 is 2.95 bits per heavy atom. The highest BCUT2D eigenvalue weighted by atomic mass is 32.2. The van der Waals surface area contributed by atoms with Gasteiger partial charge in [-0.2, -0.15) is 0 Å². The lowest BCUT2D eigenvalue weighted by Gasteiger charge is -2.11. The topological polar surface area (TPSA) is 84.0 Å². The summed E-state index contributed by atoms with van der Waals surface area (Å²) in [4.78, 5) is 9.03. The summed E-state index contributed by atoms with van der Waals surface area (Å²) in [5.74, 6) is 0.381. The molecule has 0 aliphatic rings. The van der Waals surface area contributed by atoms with Crippen LogP contribution in [0.15, 0.2) is 34.9 Å². The van der Waals surface area contributed by atoms with Crippen molar-refractivity contribution in [2.75, 3.05) is 11.9 Å². The van der Waals surface area contributed by atoms with E-state index >= 15 is 0 Å². The van der Waals surface area contributed by atoms with Gasteiger partial charge < -0.3 is 5.32 Å². The molecule has 0 unspecified atom stereocenters. The largest absolute Gasteiger partial charge is 0.369 e. The second-order valence-electron chi connectivity index (χ2n) is 4.07. The molecule has 20 heavy (non-hydrogen) atoms. The van der Waals surface area contributed by atoms with Crippen molar-refractivity contribution >= 4 is 27.2 Å². The van der Waals surface area contributed by atoms with Gasteiger partial charge in [-0.15, -0.1) is 11.3 Å². The van der Waals surface area contributed by atoms with Gasteiger partial charge in [-0.3, -0.25) is 4.98 Å². The Labute approximate surface area is 122 Å². The number of pyridine rings is 1. The molecule has 2 aromatic heterocycles. The van der Waals surface area contributed by atoms with E-state index in [-0.39, 0.29) is 11.4 Å². The molecule has 2 N–H and O–H groups in total. The Balaban J connectivity index is 2.16. The van der Waals surface area contributed by atoms with Crippen LogP contribution in [0.4, 0.5) is 5.82 Å².